The molecule has 9 heteroatoms. The van der Waals surface area contributed by atoms with E-state index >= 15 is 0 Å². The molecule has 0 bridgehead atoms. The second-order valence-corrected chi connectivity index (χ2v) is 8.84. The molecular weight excluding hydrogens is 486 g/mol. The lowest BCUT2D eigenvalue weighted by molar-refractivity contribution is -0.124. The largest absolute Gasteiger partial charge is 0.497 e. The van der Waals surface area contributed by atoms with Crippen LogP contribution in [0.1, 0.15) is 34.8 Å². The van der Waals surface area contributed by atoms with Gasteiger partial charge in [-0.15, -0.1) is 0 Å². The van der Waals surface area contributed by atoms with Gasteiger partial charge in [-0.3, -0.25) is 9.59 Å². The van der Waals surface area contributed by atoms with E-state index in [2.05, 4.69) is 5.32 Å². The van der Waals surface area contributed by atoms with Gasteiger partial charge in [0.15, 0.2) is 0 Å². The third-order valence-electron chi connectivity index (χ3n) is 6.15. The van der Waals surface area contributed by atoms with Gasteiger partial charge in [-0.05, 0) is 73.5 Å². The Morgan fingerprint density at radius 2 is 1.68 bits per heavy atom. The summed E-state index contributed by atoms with van der Waals surface area (Å²) in [5.74, 6) is -0.692. The minimum absolute atomic E-state index is 0.142. The molecule has 0 unspecified atom stereocenters. The fraction of sp³-hybridized carbons (Fsp3) is 0.241. The predicted octanol–water partition coefficient (Wildman–Crippen LogP) is 4.55. The SMILES string of the molecule is CCOC(=O)c1ccc(NC(=O)C[C@@H]2C(=O)N(c3cccc(C)c3)C(=O)N2Cc2ccc(OC)cc2)cc1. The van der Waals surface area contributed by atoms with Crippen molar-refractivity contribution in [1.82, 2.24) is 4.90 Å². The number of benzene rings is 3. The monoisotopic (exact) mass is 515 g/mol. The van der Waals surface area contributed by atoms with Crippen molar-refractivity contribution in [2.24, 2.45) is 0 Å². The van der Waals surface area contributed by atoms with Gasteiger partial charge in [0.1, 0.15) is 11.8 Å². The number of hydrogen-bond acceptors (Lipinski definition) is 6. The van der Waals surface area contributed by atoms with Crippen molar-refractivity contribution in [2.75, 3.05) is 23.9 Å². The van der Waals surface area contributed by atoms with E-state index in [9.17, 15) is 19.2 Å². The van der Waals surface area contributed by atoms with Crippen LogP contribution in [-0.4, -0.2) is 48.5 Å². The fourth-order valence-electron chi connectivity index (χ4n) is 4.24. The van der Waals surface area contributed by atoms with E-state index in [0.717, 1.165) is 16.0 Å². The Bertz CT molecular complexity index is 1340. The number of nitrogens with zero attached hydrogens (tertiary/aromatic N) is 2. The standard InChI is InChI=1S/C29H29N3O6/c1-4-38-28(35)21-10-12-22(13-11-21)30-26(33)17-25-27(34)32(23-7-5-6-19(2)16-23)29(36)31(25)18-20-8-14-24(37-3)15-9-20/h5-16,25H,4,17-18H2,1-3H3,(H,30,33)/t25-/m1/s1. The van der Waals surface area contributed by atoms with Crippen molar-refractivity contribution in [1.29, 1.82) is 0 Å². The van der Waals surface area contributed by atoms with Crippen molar-refractivity contribution in [2.45, 2.75) is 32.9 Å². The van der Waals surface area contributed by atoms with E-state index < -0.39 is 29.9 Å². The molecule has 196 valence electrons. The molecule has 1 fully saturated rings. The van der Waals surface area contributed by atoms with Crippen molar-refractivity contribution >= 4 is 35.2 Å². The molecule has 3 aromatic carbocycles. The Morgan fingerprint density at radius 1 is 0.974 bits per heavy atom. The zero-order valence-electron chi connectivity index (χ0n) is 21.5. The number of carbonyl (C=O) groups excluding carboxylic acids is 4. The number of esters is 1. The molecular formula is C29H29N3O6. The molecule has 0 aliphatic carbocycles. The summed E-state index contributed by atoms with van der Waals surface area (Å²) < 4.78 is 10.2. The number of hydrogen-bond donors (Lipinski definition) is 1. The molecule has 1 aliphatic heterocycles. The number of imide groups is 1. The highest BCUT2D eigenvalue weighted by Crippen LogP contribution is 2.29. The first-order chi connectivity index (χ1) is 18.3. The first kappa shape index (κ1) is 26.4. The molecule has 1 N–H and O–H groups in total. The molecule has 3 aromatic rings. The molecule has 1 heterocycles. The highest BCUT2D eigenvalue weighted by atomic mass is 16.5. The quantitative estimate of drug-likeness (QED) is 0.331. The average molecular weight is 516 g/mol. The van der Waals surface area contributed by atoms with Gasteiger partial charge in [0.25, 0.3) is 5.91 Å². The van der Waals surface area contributed by atoms with Crippen molar-refractivity contribution in [3.05, 3.63) is 89.5 Å². The van der Waals surface area contributed by atoms with Gasteiger partial charge in [0.2, 0.25) is 5.91 Å². The third-order valence-corrected chi connectivity index (χ3v) is 6.15. The summed E-state index contributed by atoms with van der Waals surface area (Å²) >= 11 is 0. The highest BCUT2D eigenvalue weighted by molar-refractivity contribution is 6.22. The number of methoxy groups -OCH3 is 1. The summed E-state index contributed by atoms with van der Waals surface area (Å²) in [6.07, 6.45) is -0.233. The minimum Gasteiger partial charge on any atom is -0.497 e. The lowest BCUT2D eigenvalue weighted by atomic mass is 10.1. The first-order valence-corrected chi connectivity index (χ1v) is 12.2. The highest BCUT2D eigenvalue weighted by Gasteiger charge is 2.46. The number of carbonyl (C=O) groups is 4. The van der Waals surface area contributed by atoms with Crippen molar-refractivity contribution in [3.63, 3.8) is 0 Å². The van der Waals surface area contributed by atoms with Crippen molar-refractivity contribution in [3.8, 4) is 5.75 Å². The van der Waals surface area contributed by atoms with E-state index in [1.807, 2.05) is 25.1 Å². The number of anilines is 2. The molecule has 0 saturated carbocycles. The zero-order chi connectivity index (χ0) is 27.2. The van der Waals surface area contributed by atoms with Gasteiger partial charge < -0.3 is 19.7 Å². The Balaban J connectivity index is 1.55. The molecule has 0 radical (unpaired) electrons. The lowest BCUT2D eigenvalue weighted by Gasteiger charge is -2.22. The Kier molecular flexibility index (Phi) is 8.06. The van der Waals surface area contributed by atoms with Gasteiger partial charge in [-0.25, -0.2) is 14.5 Å². The molecule has 1 saturated heterocycles. The second-order valence-electron chi connectivity index (χ2n) is 8.84. The van der Waals surface area contributed by atoms with Crippen LogP contribution < -0.4 is 15.0 Å². The van der Waals surface area contributed by atoms with Gasteiger partial charge in [0, 0.05) is 12.2 Å². The van der Waals surface area contributed by atoms with Crippen LogP contribution in [0.4, 0.5) is 16.2 Å². The Morgan fingerprint density at radius 3 is 2.32 bits per heavy atom. The van der Waals surface area contributed by atoms with Crippen molar-refractivity contribution < 1.29 is 28.7 Å². The van der Waals surface area contributed by atoms with Gasteiger partial charge in [0.05, 0.1) is 31.4 Å². The third kappa shape index (κ3) is 5.83. The number of ether oxygens (including phenoxy) is 2. The Hall–Kier alpha value is -4.66. The molecule has 9 nitrogen and oxygen atoms in total. The topological polar surface area (TPSA) is 105 Å². The fourth-order valence-corrected chi connectivity index (χ4v) is 4.24. The maximum atomic E-state index is 13.5. The maximum Gasteiger partial charge on any atom is 0.338 e. The van der Waals surface area contributed by atoms with Crippen LogP contribution in [0.15, 0.2) is 72.8 Å². The van der Waals surface area contributed by atoms with E-state index in [1.165, 1.54) is 4.90 Å². The number of rotatable bonds is 9. The van der Waals surface area contributed by atoms with E-state index in [1.54, 1.807) is 68.6 Å². The summed E-state index contributed by atoms with van der Waals surface area (Å²) in [5, 5.41) is 2.75. The van der Waals surface area contributed by atoms with E-state index in [4.69, 9.17) is 9.47 Å². The molecule has 1 aliphatic rings. The number of amides is 4. The average Bonchev–Trinajstić information content (AvgIpc) is 3.13. The number of aryl methyl sites for hydroxylation is 1. The number of urea groups is 1. The van der Waals surface area contributed by atoms with Crippen LogP contribution in [0.3, 0.4) is 0 Å². The van der Waals surface area contributed by atoms with Crippen LogP contribution in [0.5, 0.6) is 5.75 Å². The second kappa shape index (κ2) is 11.6. The van der Waals surface area contributed by atoms with Crippen LogP contribution in [-0.2, 0) is 20.9 Å². The van der Waals surface area contributed by atoms with Gasteiger partial charge in [-0.2, -0.15) is 0 Å². The molecule has 1 atom stereocenters. The molecule has 4 rings (SSSR count). The van der Waals surface area contributed by atoms with Crippen LogP contribution in [0, 0.1) is 6.92 Å². The summed E-state index contributed by atoms with van der Waals surface area (Å²) in [6, 6.07) is 19.1. The van der Waals surface area contributed by atoms with Gasteiger partial charge >= 0.3 is 12.0 Å². The number of nitrogens with one attached hydrogen (secondary N) is 1. The minimum atomic E-state index is -0.996. The normalized spacial score (nSPS) is 15.0. The lowest BCUT2D eigenvalue weighted by Crippen LogP contribution is -2.37. The van der Waals surface area contributed by atoms with Gasteiger partial charge in [-0.1, -0.05) is 24.3 Å². The molecule has 0 aromatic heterocycles. The summed E-state index contributed by atoms with van der Waals surface area (Å²) in [7, 11) is 1.57. The Labute approximate surface area is 220 Å². The molecule has 38 heavy (non-hydrogen) atoms. The summed E-state index contributed by atoms with van der Waals surface area (Å²) in [5.41, 5.74) is 2.96. The van der Waals surface area contributed by atoms with E-state index in [0.29, 0.717) is 22.7 Å². The van der Waals surface area contributed by atoms with Crippen LogP contribution >= 0.6 is 0 Å². The molecule has 4 amide bonds. The van der Waals surface area contributed by atoms with Crippen LogP contribution in [0.2, 0.25) is 0 Å². The smallest absolute Gasteiger partial charge is 0.338 e. The van der Waals surface area contributed by atoms with Crippen LogP contribution in [0.25, 0.3) is 0 Å². The van der Waals surface area contributed by atoms with E-state index in [-0.39, 0.29) is 19.6 Å². The summed E-state index contributed by atoms with van der Waals surface area (Å²) in [4.78, 5) is 54.4. The predicted molar refractivity (Wildman–Crippen MR) is 142 cm³/mol. The zero-order valence-corrected chi connectivity index (χ0v) is 21.5. The first-order valence-electron chi connectivity index (χ1n) is 12.2. The summed E-state index contributed by atoms with van der Waals surface area (Å²) in [6.45, 7) is 4.00. The maximum absolute atomic E-state index is 13.5. The molecule has 0 spiro atoms.